The predicted molar refractivity (Wildman–Crippen MR) is 171 cm³/mol. The molecule has 236 valence electrons. The molecule has 7 rings (SSSR count). The fourth-order valence-corrected chi connectivity index (χ4v) is 7.33. The van der Waals surface area contributed by atoms with Gasteiger partial charge in [0.1, 0.15) is 41.9 Å². The summed E-state index contributed by atoms with van der Waals surface area (Å²) in [5, 5.41) is 23.2. The zero-order valence-corrected chi connectivity index (χ0v) is 26.6. The Balaban J connectivity index is 0.983. The van der Waals surface area contributed by atoms with E-state index in [2.05, 4.69) is 72.7 Å². The lowest BCUT2D eigenvalue weighted by molar-refractivity contribution is -0.0619. The van der Waals surface area contributed by atoms with Crippen LogP contribution in [0.5, 0.6) is 0 Å². The standard InChI is InChI=1S/C34H47N7O3/c1-18(2)40(22-12-19(13-22)6-11-27-38-24-10-9-21(34(3,4)5)14-25(24)39-27)16-26-29(42)30(43)33(44-26)41-15-23(20-7-8-20)28-31(35)36-17-37-32(28)41/h9-10,14-15,17-20,22,26,29-30,33,42-43H,6-8,11-13,16H2,1-5H3,(H,38,39)(H2,35,36,37)/t19?,22?,26-,29-,30-,33-/m1/s1. The number of nitrogens with zero attached hydrogens (tertiary/aromatic N) is 5. The van der Waals surface area contributed by atoms with Gasteiger partial charge in [-0.15, -0.1) is 0 Å². The Bertz CT molecular complexity index is 1650. The van der Waals surface area contributed by atoms with E-state index in [-0.39, 0.29) is 5.41 Å². The lowest BCUT2D eigenvalue weighted by atomic mass is 9.76. The molecule has 0 unspecified atom stereocenters. The number of imidazole rings is 1. The van der Waals surface area contributed by atoms with Crippen LogP contribution in [0.4, 0.5) is 5.82 Å². The molecule has 4 aromatic rings. The van der Waals surface area contributed by atoms with E-state index in [0.717, 1.165) is 66.3 Å². The fraction of sp³-hybridized carbons (Fsp3) is 0.618. The van der Waals surface area contributed by atoms with E-state index in [1.165, 1.54) is 11.9 Å². The molecule has 4 heterocycles. The van der Waals surface area contributed by atoms with E-state index in [0.29, 0.717) is 41.9 Å². The number of aliphatic hydroxyl groups excluding tert-OH is 2. The van der Waals surface area contributed by atoms with Crippen LogP contribution in [0.25, 0.3) is 22.1 Å². The second-order valence-electron chi connectivity index (χ2n) is 14.8. The van der Waals surface area contributed by atoms with Gasteiger partial charge >= 0.3 is 0 Å². The number of anilines is 1. The Morgan fingerprint density at radius 2 is 1.91 bits per heavy atom. The Morgan fingerprint density at radius 1 is 1.14 bits per heavy atom. The van der Waals surface area contributed by atoms with Crippen LogP contribution in [0.1, 0.15) is 95.8 Å². The minimum absolute atomic E-state index is 0.106. The lowest BCUT2D eigenvalue weighted by Gasteiger charge is -2.46. The number of nitrogen functional groups attached to an aromatic ring is 1. The van der Waals surface area contributed by atoms with Gasteiger partial charge < -0.3 is 30.2 Å². The Morgan fingerprint density at radius 3 is 2.61 bits per heavy atom. The van der Waals surface area contributed by atoms with Gasteiger partial charge in [0.2, 0.25) is 0 Å². The first kappa shape index (κ1) is 29.6. The number of nitrogens with two attached hydrogens (primary N) is 1. The van der Waals surface area contributed by atoms with Crippen LogP contribution in [-0.4, -0.2) is 76.6 Å². The molecular formula is C34H47N7O3. The van der Waals surface area contributed by atoms with Crippen molar-refractivity contribution in [2.45, 2.75) is 121 Å². The number of benzene rings is 1. The fourth-order valence-electron chi connectivity index (χ4n) is 7.33. The van der Waals surface area contributed by atoms with Crippen molar-refractivity contribution in [2.75, 3.05) is 12.3 Å². The number of nitrogens with one attached hydrogen (secondary N) is 1. The van der Waals surface area contributed by atoms with Gasteiger partial charge in [-0.1, -0.05) is 26.8 Å². The van der Waals surface area contributed by atoms with Gasteiger partial charge in [-0.3, -0.25) is 4.90 Å². The van der Waals surface area contributed by atoms with Crippen molar-refractivity contribution in [1.29, 1.82) is 0 Å². The van der Waals surface area contributed by atoms with Crippen LogP contribution in [0.15, 0.2) is 30.7 Å². The summed E-state index contributed by atoms with van der Waals surface area (Å²) >= 11 is 0. The molecule has 0 amide bonds. The number of H-pyrrole nitrogens is 1. The van der Waals surface area contributed by atoms with Crippen molar-refractivity contribution >= 4 is 27.9 Å². The second kappa shape index (κ2) is 11.1. The molecule has 1 saturated heterocycles. The van der Waals surface area contributed by atoms with Crippen LogP contribution < -0.4 is 5.73 Å². The first-order valence-electron chi connectivity index (χ1n) is 16.3. The minimum atomic E-state index is -1.06. The molecule has 3 aromatic heterocycles. The molecule has 5 N–H and O–H groups in total. The molecule has 0 spiro atoms. The van der Waals surface area contributed by atoms with Crippen molar-refractivity contribution in [3.05, 3.63) is 47.7 Å². The topological polar surface area (TPSA) is 138 Å². The average Bonchev–Trinajstić information content (AvgIpc) is 3.50. The summed E-state index contributed by atoms with van der Waals surface area (Å²) in [6.45, 7) is 11.7. The van der Waals surface area contributed by atoms with Gasteiger partial charge in [0, 0.05) is 31.2 Å². The molecule has 10 heteroatoms. The van der Waals surface area contributed by atoms with E-state index in [1.807, 2.05) is 10.8 Å². The van der Waals surface area contributed by atoms with Crippen molar-refractivity contribution in [3.8, 4) is 0 Å². The molecule has 44 heavy (non-hydrogen) atoms. The molecular weight excluding hydrogens is 554 g/mol. The van der Waals surface area contributed by atoms with Gasteiger partial charge in [-0.2, -0.15) is 0 Å². The summed E-state index contributed by atoms with van der Waals surface area (Å²) in [4.78, 5) is 19.6. The highest BCUT2D eigenvalue weighted by Crippen LogP contribution is 2.46. The number of hydrogen-bond acceptors (Lipinski definition) is 8. The van der Waals surface area contributed by atoms with E-state index in [1.54, 1.807) is 0 Å². The third-order valence-corrected chi connectivity index (χ3v) is 10.2. The third-order valence-electron chi connectivity index (χ3n) is 10.2. The van der Waals surface area contributed by atoms with Gasteiger partial charge in [0.05, 0.1) is 16.4 Å². The summed E-state index contributed by atoms with van der Waals surface area (Å²) in [5.74, 6) is 2.58. The van der Waals surface area contributed by atoms with Crippen LogP contribution in [-0.2, 0) is 16.6 Å². The Hall–Kier alpha value is -3.05. The van der Waals surface area contributed by atoms with E-state index < -0.39 is 24.5 Å². The lowest BCUT2D eigenvalue weighted by Crippen LogP contribution is -2.52. The highest BCUT2D eigenvalue weighted by atomic mass is 16.6. The highest BCUT2D eigenvalue weighted by Gasteiger charge is 2.47. The maximum Gasteiger partial charge on any atom is 0.164 e. The Labute approximate surface area is 259 Å². The largest absolute Gasteiger partial charge is 0.387 e. The zero-order valence-electron chi connectivity index (χ0n) is 26.6. The maximum absolute atomic E-state index is 11.2. The molecule has 2 saturated carbocycles. The van der Waals surface area contributed by atoms with Crippen molar-refractivity contribution in [2.24, 2.45) is 5.92 Å². The molecule has 2 aliphatic carbocycles. The molecule has 1 aromatic carbocycles. The minimum Gasteiger partial charge on any atom is -0.387 e. The number of aromatic amines is 1. The third kappa shape index (κ3) is 5.40. The molecule has 4 atom stereocenters. The number of aromatic nitrogens is 5. The summed E-state index contributed by atoms with van der Waals surface area (Å²) in [7, 11) is 0. The highest BCUT2D eigenvalue weighted by molar-refractivity contribution is 5.90. The van der Waals surface area contributed by atoms with Crippen molar-refractivity contribution in [3.63, 3.8) is 0 Å². The van der Waals surface area contributed by atoms with E-state index in [4.69, 9.17) is 15.5 Å². The smallest absolute Gasteiger partial charge is 0.164 e. The number of ether oxygens (including phenoxy) is 1. The summed E-state index contributed by atoms with van der Waals surface area (Å²) in [6.07, 6.45) is 6.64. The quantitative estimate of drug-likeness (QED) is 0.215. The van der Waals surface area contributed by atoms with Crippen LogP contribution in [0.3, 0.4) is 0 Å². The molecule has 0 radical (unpaired) electrons. The van der Waals surface area contributed by atoms with Crippen LogP contribution in [0.2, 0.25) is 0 Å². The maximum atomic E-state index is 11.2. The van der Waals surface area contributed by atoms with E-state index in [9.17, 15) is 10.2 Å². The number of aryl methyl sites for hydroxylation is 1. The average molecular weight is 602 g/mol. The van der Waals surface area contributed by atoms with Crippen LogP contribution in [0, 0.1) is 5.92 Å². The Kier molecular flexibility index (Phi) is 7.47. The SMILES string of the molecule is CC(C)N(C[C@H]1O[C@@H](n2cc(C3CC3)c3c(N)ncnc32)[C@H](O)[C@@H]1O)C1CC(CCc2nc3cc(C(C)(C)C)ccc3[nH]2)C1. The zero-order chi connectivity index (χ0) is 30.9. The number of hydrogen-bond donors (Lipinski definition) is 4. The molecule has 3 aliphatic rings. The van der Waals surface area contributed by atoms with Gasteiger partial charge in [0.25, 0.3) is 0 Å². The number of fused-ring (bicyclic) bond motifs is 2. The summed E-state index contributed by atoms with van der Waals surface area (Å²) in [6, 6.07) is 7.29. The van der Waals surface area contributed by atoms with Crippen molar-refractivity contribution in [1.82, 2.24) is 29.4 Å². The number of rotatable bonds is 9. The first-order valence-corrected chi connectivity index (χ1v) is 16.3. The molecule has 1 aliphatic heterocycles. The van der Waals surface area contributed by atoms with E-state index >= 15 is 0 Å². The van der Waals surface area contributed by atoms with Crippen molar-refractivity contribution < 1.29 is 14.9 Å². The normalized spacial score (nSPS) is 27.7. The first-order chi connectivity index (χ1) is 21.0. The van der Waals surface area contributed by atoms with Gasteiger partial charge in [-0.05, 0) is 86.5 Å². The monoisotopic (exact) mass is 601 g/mol. The second-order valence-corrected chi connectivity index (χ2v) is 14.8. The molecule has 0 bridgehead atoms. The van der Waals surface area contributed by atoms with Crippen LogP contribution >= 0.6 is 0 Å². The van der Waals surface area contributed by atoms with Gasteiger partial charge in [0.15, 0.2) is 6.23 Å². The molecule has 10 nitrogen and oxygen atoms in total. The summed E-state index contributed by atoms with van der Waals surface area (Å²) < 4.78 is 8.29. The summed E-state index contributed by atoms with van der Waals surface area (Å²) in [5.41, 5.74) is 11.6. The predicted octanol–water partition coefficient (Wildman–Crippen LogP) is 4.81. The molecule has 3 fully saturated rings. The van der Waals surface area contributed by atoms with Gasteiger partial charge in [-0.25, -0.2) is 15.0 Å². The number of aliphatic hydroxyl groups is 2.